The molecule has 0 aromatic rings. The maximum Gasteiger partial charge on any atom is 0.490 e. The van der Waals surface area contributed by atoms with Crippen molar-refractivity contribution in [2.45, 2.75) is 112 Å². The smallest absolute Gasteiger partial charge is 0.490 e. The van der Waals surface area contributed by atoms with E-state index in [0.717, 1.165) is 4.90 Å². The molecule has 0 spiro atoms. The number of nitrogens with zero attached hydrogens (tertiary/aromatic N) is 2. The molecule has 5 amide bonds. The first kappa shape index (κ1) is 46.0. The molecule has 0 unspecified atom stereocenters. The number of hydrogen-bond acceptors (Lipinski definition) is 8. The number of carboxylic acids is 1. The summed E-state index contributed by atoms with van der Waals surface area (Å²) < 4.78 is 37.0. The molecule has 286 valence electrons. The Labute approximate surface area is 293 Å². The summed E-state index contributed by atoms with van der Waals surface area (Å²) in [4.78, 5) is 77.2. The first-order chi connectivity index (χ1) is 22.8. The van der Waals surface area contributed by atoms with Gasteiger partial charge in [0.05, 0.1) is 19.2 Å². The zero-order chi connectivity index (χ0) is 39.3. The molecule has 4 N–H and O–H groups in total. The Kier molecular flexibility index (Phi) is 19.0. The predicted octanol–water partition coefficient (Wildman–Crippen LogP) is 3.25. The van der Waals surface area contributed by atoms with E-state index in [-0.39, 0.29) is 29.6 Å². The number of aliphatic carboxylic acids is 1. The Bertz CT molecular complexity index is 1240. The van der Waals surface area contributed by atoms with Crippen molar-refractivity contribution in [2.75, 3.05) is 21.2 Å². The number of likely N-dealkylation sites (N-methyl/N-ethyl adjacent to an activating group) is 1. The zero-order valence-electron chi connectivity index (χ0n) is 31.2. The van der Waals surface area contributed by atoms with E-state index in [1.54, 1.807) is 6.92 Å². The third-order valence-corrected chi connectivity index (χ3v) is 7.45. The lowest BCUT2D eigenvalue weighted by Crippen LogP contribution is -2.57. The Morgan fingerprint density at radius 3 is 1.68 bits per heavy atom. The topological polar surface area (TPSA) is 174 Å². The van der Waals surface area contributed by atoms with Gasteiger partial charge in [-0.2, -0.15) is 13.2 Å². The highest BCUT2D eigenvalue weighted by Crippen LogP contribution is 2.27. The van der Waals surface area contributed by atoms with Crippen molar-refractivity contribution in [1.29, 1.82) is 0 Å². The number of carboxylic acid groups (broad SMARTS) is 1. The molecule has 1 heterocycles. The minimum absolute atomic E-state index is 0.0387. The molecule has 13 nitrogen and oxygen atoms in total. The first-order valence-corrected chi connectivity index (χ1v) is 16.5. The third kappa shape index (κ3) is 15.3. The standard InChI is InChI=1S/C32H55N5O6.C2HF3O2/c1-18(2)15-23(34-31(41)24(16-19(3)4)35-32(42)29(21(7)8)36(10)11)30(40)33-22(9)13-14-26(38)37-27(39)17-25(43-12)28(37)20(5)6;3-2(4,5)1(6)7/h13-14,17-24,28-29H,15-16H2,1-12H3,(H,33,40)(H,34,41)(H,35,42);(H,6,7)/b14-13+;/t22-,23-,24-,28-,29-;/m0./s1. The first-order valence-electron chi connectivity index (χ1n) is 16.5. The normalized spacial score (nSPS) is 17.4. The Balaban J connectivity index is 0.00000308. The molecule has 0 radical (unpaired) electrons. The van der Waals surface area contributed by atoms with Crippen LogP contribution in [0.1, 0.15) is 75.2 Å². The molecule has 0 aromatic carbocycles. The van der Waals surface area contributed by atoms with E-state index in [4.69, 9.17) is 14.6 Å². The summed E-state index contributed by atoms with van der Waals surface area (Å²) >= 11 is 0. The van der Waals surface area contributed by atoms with Crippen LogP contribution >= 0.6 is 0 Å². The maximum absolute atomic E-state index is 13.5. The van der Waals surface area contributed by atoms with Gasteiger partial charge in [0, 0.05) is 18.2 Å². The van der Waals surface area contributed by atoms with E-state index in [9.17, 15) is 37.1 Å². The molecule has 1 aliphatic rings. The summed E-state index contributed by atoms with van der Waals surface area (Å²) in [7, 11) is 5.12. The summed E-state index contributed by atoms with van der Waals surface area (Å²) in [5.74, 6) is -4.13. The van der Waals surface area contributed by atoms with Gasteiger partial charge in [-0.15, -0.1) is 0 Å². The number of carbonyl (C=O) groups is 6. The van der Waals surface area contributed by atoms with Crippen LogP contribution in [0.5, 0.6) is 0 Å². The van der Waals surface area contributed by atoms with Gasteiger partial charge in [-0.3, -0.25) is 33.8 Å². The van der Waals surface area contributed by atoms with Gasteiger partial charge in [-0.1, -0.05) is 61.5 Å². The van der Waals surface area contributed by atoms with Crippen molar-refractivity contribution in [2.24, 2.45) is 23.7 Å². The van der Waals surface area contributed by atoms with Crippen LogP contribution in [-0.2, 0) is 33.5 Å². The average Bonchev–Trinajstić information content (AvgIpc) is 3.30. The quantitative estimate of drug-likeness (QED) is 0.175. The number of carbonyl (C=O) groups excluding carboxylic acids is 5. The number of hydrogen-bond donors (Lipinski definition) is 4. The van der Waals surface area contributed by atoms with Crippen LogP contribution in [0, 0.1) is 23.7 Å². The van der Waals surface area contributed by atoms with Gasteiger partial charge in [0.1, 0.15) is 17.8 Å². The molecule has 50 heavy (non-hydrogen) atoms. The highest BCUT2D eigenvalue weighted by atomic mass is 19.4. The zero-order valence-corrected chi connectivity index (χ0v) is 31.2. The molecule has 0 bridgehead atoms. The number of amides is 5. The second kappa shape index (κ2) is 20.7. The van der Waals surface area contributed by atoms with Gasteiger partial charge in [0.15, 0.2) is 0 Å². The maximum atomic E-state index is 13.5. The number of nitrogens with one attached hydrogen (secondary N) is 3. The number of imide groups is 1. The monoisotopic (exact) mass is 719 g/mol. The van der Waals surface area contributed by atoms with Crippen molar-refractivity contribution in [3.8, 4) is 0 Å². The van der Waals surface area contributed by atoms with E-state index in [2.05, 4.69) is 16.0 Å². The predicted molar refractivity (Wildman–Crippen MR) is 181 cm³/mol. The van der Waals surface area contributed by atoms with Crippen LogP contribution in [0.2, 0.25) is 0 Å². The number of methoxy groups -OCH3 is 1. The fraction of sp³-hybridized carbons (Fsp3) is 0.706. The van der Waals surface area contributed by atoms with E-state index in [0.29, 0.717) is 18.6 Å². The van der Waals surface area contributed by atoms with Gasteiger partial charge in [0.2, 0.25) is 17.7 Å². The number of rotatable bonds is 16. The van der Waals surface area contributed by atoms with E-state index < -0.39 is 66.0 Å². The van der Waals surface area contributed by atoms with E-state index in [1.165, 1.54) is 25.3 Å². The lowest BCUT2D eigenvalue weighted by atomic mass is 9.98. The Morgan fingerprint density at radius 2 is 1.32 bits per heavy atom. The lowest BCUT2D eigenvalue weighted by Gasteiger charge is -2.30. The van der Waals surface area contributed by atoms with Crippen molar-refractivity contribution in [1.82, 2.24) is 25.8 Å². The van der Waals surface area contributed by atoms with Crippen LogP contribution in [-0.4, -0.2) is 108 Å². The molecular formula is C34H56F3N5O8. The molecule has 0 saturated carbocycles. The molecule has 16 heteroatoms. The number of ether oxygens (including phenoxy) is 1. The van der Waals surface area contributed by atoms with Crippen molar-refractivity contribution >= 4 is 35.5 Å². The summed E-state index contributed by atoms with van der Waals surface area (Å²) in [6, 6.07) is -3.12. The van der Waals surface area contributed by atoms with Gasteiger partial charge < -0.3 is 25.8 Å². The van der Waals surface area contributed by atoms with Crippen LogP contribution < -0.4 is 16.0 Å². The molecule has 0 aliphatic carbocycles. The van der Waals surface area contributed by atoms with E-state index >= 15 is 0 Å². The number of alkyl halides is 3. The van der Waals surface area contributed by atoms with Gasteiger partial charge in [-0.05, 0) is 57.5 Å². The average molecular weight is 720 g/mol. The molecule has 0 aromatic heterocycles. The second-order valence-electron chi connectivity index (χ2n) is 14.0. The van der Waals surface area contributed by atoms with Crippen LogP contribution in [0.3, 0.4) is 0 Å². The fourth-order valence-electron chi connectivity index (χ4n) is 5.34. The molecule has 0 fully saturated rings. The highest BCUT2D eigenvalue weighted by molar-refractivity contribution is 6.07. The van der Waals surface area contributed by atoms with Crippen molar-refractivity contribution < 1.29 is 51.8 Å². The third-order valence-electron chi connectivity index (χ3n) is 7.45. The minimum Gasteiger partial charge on any atom is -0.499 e. The Morgan fingerprint density at radius 1 is 0.880 bits per heavy atom. The largest absolute Gasteiger partial charge is 0.499 e. The van der Waals surface area contributed by atoms with Crippen LogP contribution in [0.15, 0.2) is 24.0 Å². The molecule has 5 atom stereocenters. The van der Waals surface area contributed by atoms with Gasteiger partial charge in [0.25, 0.3) is 11.8 Å². The molecule has 1 rings (SSSR count). The SMILES string of the molecule is COC1=CC(=O)N(C(=O)/C=C/[C@H](C)NC(=O)[C@H](CC(C)C)NC(=O)[C@H](CC(C)C)NC(=O)[C@H](C(C)C)N(C)C)[C@H]1C(C)C.O=C(O)C(F)(F)F. The summed E-state index contributed by atoms with van der Waals surface area (Å²) in [5, 5.41) is 15.7. The van der Waals surface area contributed by atoms with E-state index in [1.807, 2.05) is 74.4 Å². The minimum atomic E-state index is -5.08. The summed E-state index contributed by atoms with van der Waals surface area (Å²) in [6.45, 7) is 17.2. The summed E-state index contributed by atoms with van der Waals surface area (Å²) in [5.41, 5.74) is 0. The van der Waals surface area contributed by atoms with Crippen molar-refractivity contribution in [3.63, 3.8) is 0 Å². The lowest BCUT2D eigenvalue weighted by molar-refractivity contribution is -0.192. The van der Waals surface area contributed by atoms with Crippen LogP contribution in [0.25, 0.3) is 0 Å². The molecular weight excluding hydrogens is 663 g/mol. The Hall–Kier alpha value is -3.95. The van der Waals surface area contributed by atoms with Crippen molar-refractivity contribution in [3.05, 3.63) is 24.0 Å². The molecule has 0 saturated heterocycles. The summed E-state index contributed by atoms with van der Waals surface area (Å²) in [6.07, 6.45) is -0.187. The number of halogens is 3. The molecule has 1 aliphatic heterocycles. The van der Waals surface area contributed by atoms with Gasteiger partial charge in [-0.25, -0.2) is 4.79 Å². The van der Waals surface area contributed by atoms with Gasteiger partial charge >= 0.3 is 12.1 Å². The highest BCUT2D eigenvalue weighted by Gasteiger charge is 2.40. The second-order valence-corrected chi connectivity index (χ2v) is 14.0. The van der Waals surface area contributed by atoms with Crippen LogP contribution in [0.4, 0.5) is 13.2 Å². The fourth-order valence-corrected chi connectivity index (χ4v) is 5.34.